The smallest absolute Gasteiger partial charge is 0.164 e. The molecule has 0 bridgehead atoms. The maximum absolute atomic E-state index is 10.1. The van der Waals surface area contributed by atoms with E-state index in [0.717, 1.165) is 10.4 Å². The van der Waals surface area contributed by atoms with Crippen LogP contribution in [0.3, 0.4) is 0 Å². The third-order valence-electron chi connectivity index (χ3n) is 3.61. The summed E-state index contributed by atoms with van der Waals surface area (Å²) >= 11 is 1.63. The number of rotatable bonds is 4. The number of fused-ring (bicyclic) bond motifs is 1. The van der Waals surface area contributed by atoms with Gasteiger partial charge >= 0.3 is 0 Å². The lowest BCUT2D eigenvalue weighted by Crippen LogP contribution is -2.33. The summed E-state index contributed by atoms with van der Waals surface area (Å²) in [6.45, 7) is 3.82. The van der Waals surface area contributed by atoms with Gasteiger partial charge in [0, 0.05) is 11.4 Å². The van der Waals surface area contributed by atoms with E-state index in [1.54, 1.807) is 22.5 Å². The second-order valence-corrected chi connectivity index (χ2v) is 7.10. The maximum Gasteiger partial charge on any atom is 0.164 e. The zero-order valence-corrected chi connectivity index (χ0v) is 13.1. The summed E-state index contributed by atoms with van der Waals surface area (Å²) in [5.41, 5.74) is 0.632. The number of aromatic nitrogens is 3. The van der Waals surface area contributed by atoms with E-state index in [2.05, 4.69) is 23.8 Å². The van der Waals surface area contributed by atoms with Gasteiger partial charge in [0.25, 0.3) is 0 Å². The average molecular weight is 325 g/mol. The van der Waals surface area contributed by atoms with Crippen molar-refractivity contribution in [1.29, 1.82) is 0 Å². The molecule has 0 saturated carbocycles. The number of thioether (sulfide) groups is 1. The Kier molecular flexibility index (Phi) is 4.37. The summed E-state index contributed by atoms with van der Waals surface area (Å²) in [5.74, 6) is 0. The lowest BCUT2D eigenvalue weighted by atomic mass is 10.1. The molecule has 3 heterocycles. The first kappa shape index (κ1) is 15.7. The normalized spacial score (nSPS) is 28.8. The Hall–Kier alpha value is -1.19. The van der Waals surface area contributed by atoms with Crippen molar-refractivity contribution in [1.82, 2.24) is 14.5 Å². The minimum atomic E-state index is -1.13. The molecule has 3 N–H and O–H groups in total. The van der Waals surface area contributed by atoms with Gasteiger partial charge in [-0.2, -0.15) is 0 Å². The molecular weight excluding hydrogens is 306 g/mol. The van der Waals surface area contributed by atoms with E-state index in [9.17, 15) is 15.3 Å². The molecule has 8 heteroatoms. The van der Waals surface area contributed by atoms with Crippen LogP contribution >= 0.6 is 11.8 Å². The summed E-state index contributed by atoms with van der Waals surface area (Å²) < 4.78 is 7.23. The highest BCUT2D eigenvalue weighted by atomic mass is 32.2. The van der Waals surface area contributed by atoms with Gasteiger partial charge in [0.05, 0.1) is 12.0 Å². The van der Waals surface area contributed by atoms with Crippen LogP contribution in [-0.4, -0.2) is 60.0 Å². The van der Waals surface area contributed by atoms with Crippen LogP contribution in [0.4, 0.5) is 0 Å². The average Bonchev–Trinajstić information content (AvgIpc) is 3.02. The number of aliphatic hydroxyl groups excluding tert-OH is 3. The van der Waals surface area contributed by atoms with Gasteiger partial charge < -0.3 is 24.6 Å². The molecule has 120 valence electrons. The first-order chi connectivity index (χ1) is 10.5. The van der Waals surface area contributed by atoms with Crippen molar-refractivity contribution >= 4 is 22.8 Å². The molecule has 2 aromatic rings. The first-order valence-corrected chi connectivity index (χ1v) is 8.01. The summed E-state index contributed by atoms with van der Waals surface area (Å²) in [7, 11) is 0. The highest BCUT2D eigenvalue weighted by Crippen LogP contribution is 2.34. The van der Waals surface area contributed by atoms with Gasteiger partial charge in [-0.25, -0.2) is 9.97 Å². The van der Waals surface area contributed by atoms with Crippen molar-refractivity contribution in [2.45, 2.75) is 48.7 Å². The van der Waals surface area contributed by atoms with Crippen LogP contribution in [-0.2, 0) is 4.74 Å². The van der Waals surface area contributed by atoms with E-state index >= 15 is 0 Å². The quantitative estimate of drug-likeness (QED) is 0.557. The number of hydrogen-bond donors (Lipinski definition) is 3. The van der Waals surface area contributed by atoms with Gasteiger partial charge in [0.15, 0.2) is 6.23 Å². The second kappa shape index (κ2) is 6.13. The number of nitrogens with zero attached hydrogens (tertiary/aromatic N) is 3. The van der Waals surface area contributed by atoms with Crippen molar-refractivity contribution < 1.29 is 20.1 Å². The topological polar surface area (TPSA) is 101 Å². The highest BCUT2D eigenvalue weighted by Gasteiger charge is 2.43. The van der Waals surface area contributed by atoms with Crippen molar-refractivity contribution in [3.05, 3.63) is 18.6 Å². The number of aliphatic hydroxyl groups is 3. The predicted molar refractivity (Wildman–Crippen MR) is 81.5 cm³/mol. The Morgan fingerprint density at radius 1 is 1.32 bits per heavy atom. The van der Waals surface area contributed by atoms with Gasteiger partial charge in [0.2, 0.25) is 0 Å². The van der Waals surface area contributed by atoms with E-state index in [0.29, 0.717) is 10.9 Å². The first-order valence-electron chi connectivity index (χ1n) is 7.13. The highest BCUT2D eigenvalue weighted by molar-refractivity contribution is 8.00. The van der Waals surface area contributed by atoms with Crippen molar-refractivity contribution in [3.8, 4) is 0 Å². The third kappa shape index (κ3) is 2.61. The van der Waals surface area contributed by atoms with Crippen molar-refractivity contribution in [3.63, 3.8) is 0 Å². The number of hydrogen-bond acceptors (Lipinski definition) is 7. The van der Waals surface area contributed by atoms with E-state index in [4.69, 9.17) is 4.74 Å². The molecule has 1 aliphatic rings. The van der Waals surface area contributed by atoms with Crippen LogP contribution < -0.4 is 0 Å². The molecule has 0 aromatic carbocycles. The van der Waals surface area contributed by atoms with Crippen LogP contribution in [0.2, 0.25) is 0 Å². The van der Waals surface area contributed by atoms with Crippen LogP contribution in [0, 0.1) is 0 Å². The van der Waals surface area contributed by atoms with E-state index < -0.39 is 24.5 Å². The summed E-state index contributed by atoms with van der Waals surface area (Å²) in [5, 5.41) is 31.4. The molecule has 0 amide bonds. The molecule has 2 aromatic heterocycles. The molecule has 0 radical (unpaired) electrons. The van der Waals surface area contributed by atoms with Crippen LogP contribution in [0.5, 0.6) is 0 Å². The van der Waals surface area contributed by atoms with Crippen LogP contribution in [0.15, 0.2) is 23.6 Å². The molecule has 0 unspecified atom stereocenters. The van der Waals surface area contributed by atoms with E-state index in [1.165, 1.54) is 6.33 Å². The Labute approximate surface area is 132 Å². The van der Waals surface area contributed by atoms with Gasteiger partial charge in [-0.15, -0.1) is 11.8 Å². The molecule has 0 spiro atoms. The summed E-state index contributed by atoms with van der Waals surface area (Å²) in [4.78, 5) is 8.57. The largest absolute Gasteiger partial charge is 0.394 e. The third-order valence-corrected chi connectivity index (χ3v) is 4.63. The zero-order valence-electron chi connectivity index (χ0n) is 12.3. The summed E-state index contributed by atoms with van der Waals surface area (Å²) in [6.07, 6.45) is -0.600. The second-order valence-electron chi connectivity index (χ2n) is 5.53. The fourth-order valence-electron chi connectivity index (χ4n) is 2.58. The summed E-state index contributed by atoms with van der Waals surface area (Å²) in [6, 6.07) is 1.87. The molecule has 7 nitrogen and oxygen atoms in total. The van der Waals surface area contributed by atoms with Crippen LogP contribution in [0.1, 0.15) is 20.1 Å². The van der Waals surface area contributed by atoms with Gasteiger partial charge in [-0.3, -0.25) is 0 Å². The molecule has 3 rings (SSSR count). The molecular formula is C14H19N3O4S. The SMILES string of the molecule is CC(C)Sc1ncnc2c1ccn2[C@@H]1O[C@H](CO)[C@@H](O)[C@H]1O. The fourth-order valence-corrected chi connectivity index (χ4v) is 3.42. The minimum absolute atomic E-state index is 0.350. The molecule has 1 saturated heterocycles. The van der Waals surface area contributed by atoms with Crippen molar-refractivity contribution in [2.75, 3.05) is 6.61 Å². The molecule has 22 heavy (non-hydrogen) atoms. The van der Waals surface area contributed by atoms with Gasteiger partial charge in [0.1, 0.15) is 35.3 Å². The Bertz CT molecular complexity index is 663. The van der Waals surface area contributed by atoms with E-state index in [1.807, 2.05) is 6.07 Å². The van der Waals surface area contributed by atoms with Gasteiger partial charge in [-0.05, 0) is 6.07 Å². The monoisotopic (exact) mass is 325 g/mol. The number of ether oxygens (including phenoxy) is 1. The Morgan fingerprint density at radius 3 is 2.73 bits per heavy atom. The van der Waals surface area contributed by atoms with E-state index in [-0.39, 0.29) is 6.61 Å². The maximum atomic E-state index is 10.1. The van der Waals surface area contributed by atoms with Gasteiger partial charge in [-0.1, -0.05) is 13.8 Å². The predicted octanol–water partition coefficient (Wildman–Crippen LogP) is 0.543. The zero-order chi connectivity index (χ0) is 15.9. The Morgan fingerprint density at radius 2 is 2.09 bits per heavy atom. The lowest BCUT2D eigenvalue weighted by Gasteiger charge is -2.17. The Balaban J connectivity index is 1.99. The lowest BCUT2D eigenvalue weighted by molar-refractivity contribution is -0.0508. The molecule has 4 atom stereocenters. The van der Waals surface area contributed by atoms with Crippen molar-refractivity contribution in [2.24, 2.45) is 0 Å². The fraction of sp³-hybridized carbons (Fsp3) is 0.571. The molecule has 1 fully saturated rings. The van der Waals surface area contributed by atoms with Crippen LogP contribution in [0.25, 0.3) is 11.0 Å². The molecule has 1 aliphatic heterocycles. The minimum Gasteiger partial charge on any atom is -0.394 e. The standard InChI is InChI=1S/C14H19N3O4S/c1-7(2)22-13-8-3-4-17(12(8)15-6-16-13)14-11(20)10(19)9(5-18)21-14/h3-4,6-7,9-11,14,18-20H,5H2,1-2H3/t9-,10-,11-,14-/m1/s1. The molecule has 0 aliphatic carbocycles.